The molecule has 0 spiro atoms. The van der Waals surface area contributed by atoms with Crippen LogP contribution < -0.4 is 5.12 Å². The average molecular weight is 191 g/mol. The Balaban J connectivity index is 2.63. The molecule has 0 atom stereocenters. The number of rotatable bonds is 0. The molecule has 2 rings (SSSR count). The van der Waals surface area contributed by atoms with Crippen molar-refractivity contribution in [3.63, 3.8) is 0 Å². The number of halogens is 1. The van der Waals surface area contributed by atoms with Gasteiger partial charge in [-0.15, -0.1) is 0 Å². The molecule has 1 nitrogen and oxygen atoms in total. The van der Waals surface area contributed by atoms with Crippen molar-refractivity contribution in [1.82, 2.24) is 0 Å². The summed E-state index contributed by atoms with van der Waals surface area (Å²) in [4.78, 5) is 0. The van der Waals surface area contributed by atoms with Crippen molar-refractivity contribution >= 4 is 11.3 Å². The summed E-state index contributed by atoms with van der Waals surface area (Å²) in [7, 11) is 0. The normalized spacial score (nSPS) is 18.9. The molecule has 2 heteroatoms. The van der Waals surface area contributed by atoms with E-state index in [-0.39, 0.29) is 0 Å². The van der Waals surface area contributed by atoms with Crippen molar-refractivity contribution in [2.75, 3.05) is 5.12 Å². The fourth-order valence-electron chi connectivity index (χ4n) is 1.95. The number of benzene rings is 1. The fraction of sp³-hybridized carbons (Fsp3) is 0.333. The third-order valence-corrected chi connectivity index (χ3v) is 2.62. The quantitative estimate of drug-likeness (QED) is 0.566. The highest BCUT2D eigenvalue weighted by Gasteiger charge is 2.31. The molecule has 74 valence electrons. The van der Waals surface area contributed by atoms with Gasteiger partial charge >= 0.3 is 0 Å². The highest BCUT2D eigenvalue weighted by atomic mass is 19.2. The van der Waals surface area contributed by atoms with E-state index in [1.807, 2.05) is 51.1 Å². The number of anilines is 1. The SMILES string of the molecule is CC1=CC(C)(C)N(F)c2ccccc21. The highest BCUT2D eigenvalue weighted by Crippen LogP contribution is 2.38. The van der Waals surface area contributed by atoms with Gasteiger partial charge in [0.25, 0.3) is 0 Å². The van der Waals surface area contributed by atoms with Crippen LogP contribution in [0.4, 0.5) is 10.2 Å². The molecule has 0 aliphatic carbocycles. The van der Waals surface area contributed by atoms with Crippen LogP contribution in [0.25, 0.3) is 5.57 Å². The van der Waals surface area contributed by atoms with Crippen LogP contribution in [0.3, 0.4) is 0 Å². The minimum absolute atomic E-state index is 0.543. The Hall–Kier alpha value is -1.31. The first-order valence-corrected chi connectivity index (χ1v) is 4.77. The summed E-state index contributed by atoms with van der Waals surface area (Å²) < 4.78 is 13.9. The molecule has 0 saturated heterocycles. The third-order valence-electron chi connectivity index (χ3n) is 2.62. The molecular weight excluding hydrogens is 177 g/mol. The molecule has 1 aliphatic heterocycles. The predicted octanol–water partition coefficient (Wildman–Crippen LogP) is 3.57. The lowest BCUT2D eigenvalue weighted by Gasteiger charge is -2.35. The maximum absolute atomic E-state index is 13.9. The summed E-state index contributed by atoms with van der Waals surface area (Å²) in [5, 5.41) is 0.829. The Morgan fingerprint density at radius 3 is 2.57 bits per heavy atom. The first kappa shape index (κ1) is 9.25. The molecule has 1 aromatic rings. The molecule has 0 radical (unpaired) electrons. The van der Waals surface area contributed by atoms with Gasteiger partial charge in [-0.1, -0.05) is 28.8 Å². The summed E-state index contributed by atoms with van der Waals surface area (Å²) in [6.07, 6.45) is 1.95. The van der Waals surface area contributed by atoms with Gasteiger partial charge in [-0.3, -0.25) is 0 Å². The van der Waals surface area contributed by atoms with Crippen LogP contribution in [0.5, 0.6) is 0 Å². The Bertz CT molecular complexity index is 393. The maximum Gasteiger partial charge on any atom is 0.0853 e. The van der Waals surface area contributed by atoms with Gasteiger partial charge in [-0.2, -0.15) is 0 Å². The smallest absolute Gasteiger partial charge is 0.0853 e. The monoisotopic (exact) mass is 191 g/mol. The van der Waals surface area contributed by atoms with Gasteiger partial charge in [-0.05, 0) is 32.4 Å². The van der Waals surface area contributed by atoms with Crippen molar-refractivity contribution in [2.24, 2.45) is 0 Å². The largest absolute Gasteiger partial charge is 0.202 e. The second-order valence-corrected chi connectivity index (χ2v) is 4.28. The lowest BCUT2D eigenvalue weighted by molar-refractivity contribution is 0.334. The van der Waals surface area contributed by atoms with E-state index in [9.17, 15) is 4.48 Å². The fourth-order valence-corrected chi connectivity index (χ4v) is 1.95. The van der Waals surface area contributed by atoms with Gasteiger partial charge < -0.3 is 0 Å². The topological polar surface area (TPSA) is 3.24 Å². The molecular formula is C12H14FN. The van der Waals surface area contributed by atoms with Crippen LogP contribution in [0.15, 0.2) is 30.3 Å². The lowest BCUT2D eigenvalue weighted by atomic mass is 9.91. The zero-order chi connectivity index (χ0) is 10.3. The number of fused-ring (bicyclic) bond motifs is 1. The second kappa shape index (κ2) is 2.84. The molecule has 0 amide bonds. The molecule has 0 bridgehead atoms. The molecule has 1 heterocycles. The Kier molecular flexibility index (Phi) is 1.88. The van der Waals surface area contributed by atoms with Crippen molar-refractivity contribution in [3.8, 4) is 0 Å². The number of para-hydroxylation sites is 1. The summed E-state index contributed by atoms with van der Waals surface area (Å²) in [5.74, 6) is 0. The van der Waals surface area contributed by atoms with Crippen LogP contribution in [0.2, 0.25) is 0 Å². The predicted molar refractivity (Wildman–Crippen MR) is 57.8 cm³/mol. The van der Waals surface area contributed by atoms with Gasteiger partial charge in [0.05, 0.1) is 11.2 Å². The number of nitrogens with zero attached hydrogens (tertiary/aromatic N) is 1. The molecule has 0 unspecified atom stereocenters. The van der Waals surface area contributed by atoms with Crippen LogP contribution in [0.1, 0.15) is 26.3 Å². The zero-order valence-corrected chi connectivity index (χ0v) is 8.71. The van der Waals surface area contributed by atoms with E-state index in [1.54, 1.807) is 0 Å². The summed E-state index contributed by atoms with van der Waals surface area (Å²) >= 11 is 0. The molecule has 0 aromatic heterocycles. The van der Waals surface area contributed by atoms with Crippen molar-refractivity contribution in [3.05, 3.63) is 35.9 Å². The van der Waals surface area contributed by atoms with E-state index in [4.69, 9.17) is 0 Å². The van der Waals surface area contributed by atoms with Crippen molar-refractivity contribution < 1.29 is 4.48 Å². The number of hydrogen-bond acceptors (Lipinski definition) is 1. The first-order chi connectivity index (χ1) is 6.52. The molecule has 1 aliphatic rings. The van der Waals surface area contributed by atoms with Crippen LogP contribution in [-0.2, 0) is 0 Å². The third kappa shape index (κ3) is 1.22. The van der Waals surface area contributed by atoms with Gasteiger partial charge in [0, 0.05) is 5.56 Å². The molecule has 0 saturated carbocycles. The Morgan fingerprint density at radius 2 is 1.86 bits per heavy atom. The molecule has 0 N–H and O–H groups in total. The Morgan fingerprint density at radius 1 is 1.21 bits per heavy atom. The average Bonchev–Trinajstić information content (AvgIpc) is 2.14. The summed E-state index contributed by atoms with van der Waals surface area (Å²) in [5.41, 5.74) is 2.24. The van der Waals surface area contributed by atoms with E-state index in [0.29, 0.717) is 5.69 Å². The molecule has 14 heavy (non-hydrogen) atoms. The molecule has 0 fully saturated rings. The highest BCUT2D eigenvalue weighted by molar-refractivity contribution is 5.80. The van der Waals surface area contributed by atoms with E-state index in [0.717, 1.165) is 16.3 Å². The standard InChI is InChI=1S/C12H14FN/c1-9-8-12(2,3)14(13)11-7-5-4-6-10(9)11/h4-8H,1-3H3. The minimum atomic E-state index is -0.543. The van der Waals surface area contributed by atoms with Crippen LogP contribution >= 0.6 is 0 Å². The maximum atomic E-state index is 13.9. The van der Waals surface area contributed by atoms with Gasteiger partial charge in [0.2, 0.25) is 0 Å². The van der Waals surface area contributed by atoms with E-state index >= 15 is 0 Å². The second-order valence-electron chi connectivity index (χ2n) is 4.28. The Labute approximate surface area is 83.8 Å². The van der Waals surface area contributed by atoms with E-state index in [1.165, 1.54) is 0 Å². The minimum Gasteiger partial charge on any atom is -0.202 e. The van der Waals surface area contributed by atoms with Gasteiger partial charge in [-0.25, -0.2) is 5.12 Å². The lowest BCUT2D eigenvalue weighted by Crippen LogP contribution is -2.38. The number of allylic oxidation sites excluding steroid dienone is 1. The molecule has 1 aromatic carbocycles. The summed E-state index contributed by atoms with van der Waals surface area (Å²) in [6, 6.07) is 7.55. The zero-order valence-electron chi connectivity index (χ0n) is 8.71. The summed E-state index contributed by atoms with van der Waals surface area (Å²) in [6.45, 7) is 5.76. The first-order valence-electron chi connectivity index (χ1n) is 4.77. The van der Waals surface area contributed by atoms with Gasteiger partial charge in [0.1, 0.15) is 0 Å². The van der Waals surface area contributed by atoms with Crippen molar-refractivity contribution in [1.29, 1.82) is 0 Å². The van der Waals surface area contributed by atoms with Gasteiger partial charge in [0.15, 0.2) is 0 Å². The van der Waals surface area contributed by atoms with Crippen LogP contribution in [-0.4, -0.2) is 5.54 Å². The van der Waals surface area contributed by atoms with E-state index in [2.05, 4.69) is 0 Å². The van der Waals surface area contributed by atoms with E-state index < -0.39 is 5.54 Å². The van der Waals surface area contributed by atoms with Crippen molar-refractivity contribution in [2.45, 2.75) is 26.3 Å². The van der Waals surface area contributed by atoms with Crippen LogP contribution in [0, 0.1) is 0 Å². The number of hydrogen-bond donors (Lipinski definition) is 0.